The van der Waals surface area contributed by atoms with Gasteiger partial charge in [-0.1, -0.05) is 43.8 Å². The average molecular weight is 357 g/mol. The first kappa shape index (κ1) is 17.7. The molecule has 0 unspecified atom stereocenters. The Labute approximate surface area is 151 Å². The molecule has 2 N–H and O–H groups in total. The van der Waals surface area contributed by atoms with Crippen molar-refractivity contribution >= 4 is 23.4 Å². The third-order valence-corrected chi connectivity index (χ3v) is 5.24. The van der Waals surface area contributed by atoms with Crippen LogP contribution in [0.25, 0.3) is 0 Å². The van der Waals surface area contributed by atoms with Crippen molar-refractivity contribution in [2.24, 2.45) is 0 Å². The normalized spacial score (nSPS) is 13.6. The standard InChI is InChI=1S/C19H23N3O2S/c1-12(2)13-7-3-5-9-15(13)20-17(23)11-25-19-21-16-10-6-4-8-14(16)18(24)22-19/h3,5,7,9,12H,4,6,8,10-11H2,1-2H3,(H,20,23)(H,21,22,24). The van der Waals surface area contributed by atoms with Crippen molar-refractivity contribution in [1.29, 1.82) is 0 Å². The second-order valence-corrected chi connectivity index (χ2v) is 7.55. The van der Waals surface area contributed by atoms with Crippen molar-refractivity contribution in [3.8, 4) is 0 Å². The number of amides is 1. The van der Waals surface area contributed by atoms with Crippen molar-refractivity contribution in [3.63, 3.8) is 0 Å². The fourth-order valence-corrected chi connectivity index (χ4v) is 3.76. The number of aryl methyl sites for hydroxylation is 1. The quantitative estimate of drug-likeness (QED) is 0.634. The third kappa shape index (κ3) is 4.31. The third-order valence-electron chi connectivity index (χ3n) is 4.37. The predicted octanol–water partition coefficient (Wildman–Crippen LogP) is 3.50. The Hall–Kier alpha value is -2.08. The summed E-state index contributed by atoms with van der Waals surface area (Å²) < 4.78 is 0. The Morgan fingerprint density at radius 1 is 1.28 bits per heavy atom. The van der Waals surface area contributed by atoms with E-state index < -0.39 is 0 Å². The van der Waals surface area contributed by atoms with Gasteiger partial charge in [-0.05, 0) is 43.2 Å². The van der Waals surface area contributed by atoms with Crippen LogP contribution in [0, 0.1) is 0 Å². The molecule has 0 aliphatic heterocycles. The second-order valence-electron chi connectivity index (χ2n) is 6.58. The van der Waals surface area contributed by atoms with E-state index in [9.17, 15) is 9.59 Å². The van der Waals surface area contributed by atoms with E-state index in [1.54, 1.807) is 0 Å². The SMILES string of the molecule is CC(C)c1ccccc1NC(=O)CSc1nc2c(c(=O)[nH]1)CCCC2. The molecule has 132 valence electrons. The van der Waals surface area contributed by atoms with Crippen LogP contribution in [-0.2, 0) is 17.6 Å². The summed E-state index contributed by atoms with van der Waals surface area (Å²) in [6, 6.07) is 7.82. The number of nitrogens with one attached hydrogen (secondary N) is 2. The van der Waals surface area contributed by atoms with Crippen molar-refractivity contribution < 1.29 is 4.79 Å². The maximum Gasteiger partial charge on any atom is 0.254 e. The number of fused-ring (bicyclic) bond motifs is 1. The Bertz CT molecular complexity index is 830. The molecule has 1 aromatic carbocycles. The summed E-state index contributed by atoms with van der Waals surface area (Å²) in [5.74, 6) is 0.454. The fourth-order valence-electron chi connectivity index (χ4n) is 3.08. The van der Waals surface area contributed by atoms with Gasteiger partial charge in [-0.2, -0.15) is 0 Å². The van der Waals surface area contributed by atoms with Gasteiger partial charge in [-0.3, -0.25) is 9.59 Å². The number of anilines is 1. The first-order valence-electron chi connectivity index (χ1n) is 8.68. The lowest BCUT2D eigenvalue weighted by atomic mass is 9.97. The van der Waals surface area contributed by atoms with Gasteiger partial charge < -0.3 is 10.3 Å². The zero-order valence-electron chi connectivity index (χ0n) is 14.6. The van der Waals surface area contributed by atoms with Crippen LogP contribution in [0.5, 0.6) is 0 Å². The monoisotopic (exact) mass is 357 g/mol. The number of benzene rings is 1. The van der Waals surface area contributed by atoms with Gasteiger partial charge in [0.25, 0.3) is 5.56 Å². The van der Waals surface area contributed by atoms with Crippen LogP contribution in [0.3, 0.4) is 0 Å². The van der Waals surface area contributed by atoms with Crippen LogP contribution < -0.4 is 10.9 Å². The van der Waals surface area contributed by atoms with Gasteiger partial charge in [0, 0.05) is 11.3 Å². The van der Waals surface area contributed by atoms with E-state index in [-0.39, 0.29) is 17.2 Å². The summed E-state index contributed by atoms with van der Waals surface area (Å²) in [6.07, 6.45) is 3.76. The molecule has 1 aliphatic carbocycles. The maximum atomic E-state index is 12.3. The second kappa shape index (κ2) is 7.87. The number of H-pyrrole nitrogens is 1. The molecule has 1 aromatic heterocycles. The number of nitrogens with zero attached hydrogens (tertiary/aromatic N) is 1. The molecule has 25 heavy (non-hydrogen) atoms. The topological polar surface area (TPSA) is 74.8 Å². The van der Waals surface area contributed by atoms with E-state index in [1.807, 2.05) is 24.3 Å². The molecule has 0 atom stereocenters. The lowest BCUT2D eigenvalue weighted by molar-refractivity contribution is -0.113. The molecular weight excluding hydrogens is 334 g/mol. The minimum atomic E-state index is -0.0986. The number of rotatable bonds is 5. The predicted molar refractivity (Wildman–Crippen MR) is 101 cm³/mol. The highest BCUT2D eigenvalue weighted by Crippen LogP contribution is 2.24. The number of carbonyl (C=O) groups excluding carboxylic acids is 1. The zero-order valence-corrected chi connectivity index (χ0v) is 15.4. The van der Waals surface area contributed by atoms with E-state index in [0.717, 1.165) is 48.2 Å². The summed E-state index contributed by atoms with van der Waals surface area (Å²) in [6.45, 7) is 4.20. The highest BCUT2D eigenvalue weighted by atomic mass is 32.2. The Balaban J connectivity index is 1.65. The molecule has 0 bridgehead atoms. The first-order valence-corrected chi connectivity index (χ1v) is 9.67. The van der Waals surface area contributed by atoms with Crippen molar-refractivity contribution in [3.05, 3.63) is 51.4 Å². The van der Waals surface area contributed by atoms with Crippen LogP contribution >= 0.6 is 11.8 Å². The molecule has 5 nitrogen and oxygen atoms in total. The van der Waals surface area contributed by atoms with Gasteiger partial charge in [0.1, 0.15) is 0 Å². The molecule has 1 heterocycles. The first-order chi connectivity index (χ1) is 12.0. The smallest absolute Gasteiger partial charge is 0.254 e. The summed E-state index contributed by atoms with van der Waals surface area (Å²) in [5.41, 5.74) is 3.60. The fraction of sp³-hybridized carbons (Fsp3) is 0.421. The number of thioether (sulfide) groups is 1. The van der Waals surface area contributed by atoms with Crippen molar-refractivity contribution in [1.82, 2.24) is 9.97 Å². The van der Waals surface area contributed by atoms with Crippen molar-refractivity contribution in [2.45, 2.75) is 50.6 Å². The van der Waals surface area contributed by atoms with Gasteiger partial charge >= 0.3 is 0 Å². The summed E-state index contributed by atoms with van der Waals surface area (Å²) in [7, 11) is 0. The number of para-hydroxylation sites is 1. The van der Waals surface area contributed by atoms with E-state index >= 15 is 0 Å². The number of hydrogen-bond donors (Lipinski definition) is 2. The Morgan fingerprint density at radius 3 is 2.84 bits per heavy atom. The Morgan fingerprint density at radius 2 is 2.04 bits per heavy atom. The summed E-state index contributed by atoms with van der Waals surface area (Å²) >= 11 is 1.27. The molecule has 1 aliphatic rings. The number of aromatic nitrogens is 2. The van der Waals surface area contributed by atoms with Gasteiger partial charge in [-0.25, -0.2) is 4.98 Å². The van der Waals surface area contributed by atoms with E-state index in [4.69, 9.17) is 0 Å². The average Bonchev–Trinajstić information content (AvgIpc) is 2.60. The minimum absolute atomic E-state index is 0.0576. The minimum Gasteiger partial charge on any atom is -0.325 e. The van der Waals surface area contributed by atoms with Gasteiger partial charge in [0.15, 0.2) is 5.16 Å². The van der Waals surface area contributed by atoms with Crippen LogP contribution in [-0.4, -0.2) is 21.6 Å². The lowest BCUT2D eigenvalue weighted by Crippen LogP contribution is -2.22. The highest BCUT2D eigenvalue weighted by molar-refractivity contribution is 7.99. The molecule has 0 spiro atoms. The van der Waals surface area contributed by atoms with E-state index in [1.165, 1.54) is 11.8 Å². The van der Waals surface area contributed by atoms with Crippen LogP contribution in [0.4, 0.5) is 5.69 Å². The summed E-state index contributed by atoms with van der Waals surface area (Å²) in [5, 5.41) is 3.49. The molecule has 0 saturated carbocycles. The number of aromatic amines is 1. The largest absolute Gasteiger partial charge is 0.325 e. The molecule has 2 aromatic rings. The molecule has 3 rings (SSSR count). The molecule has 0 fully saturated rings. The number of hydrogen-bond acceptors (Lipinski definition) is 4. The van der Waals surface area contributed by atoms with Crippen LogP contribution in [0.15, 0.2) is 34.2 Å². The van der Waals surface area contributed by atoms with Crippen molar-refractivity contribution in [2.75, 3.05) is 11.1 Å². The van der Waals surface area contributed by atoms with Crippen LogP contribution in [0.2, 0.25) is 0 Å². The van der Waals surface area contributed by atoms with Crippen LogP contribution in [0.1, 0.15) is 49.4 Å². The molecule has 0 radical (unpaired) electrons. The highest BCUT2D eigenvalue weighted by Gasteiger charge is 2.16. The van der Waals surface area contributed by atoms with E-state index in [0.29, 0.717) is 11.1 Å². The van der Waals surface area contributed by atoms with E-state index in [2.05, 4.69) is 29.1 Å². The summed E-state index contributed by atoms with van der Waals surface area (Å²) in [4.78, 5) is 31.7. The van der Waals surface area contributed by atoms with Gasteiger partial charge in [-0.15, -0.1) is 0 Å². The number of carbonyl (C=O) groups is 1. The molecule has 1 amide bonds. The molecule has 0 saturated heterocycles. The van der Waals surface area contributed by atoms with Gasteiger partial charge in [0.05, 0.1) is 11.4 Å². The van der Waals surface area contributed by atoms with Gasteiger partial charge in [0.2, 0.25) is 5.91 Å². The molecule has 6 heteroatoms. The Kier molecular flexibility index (Phi) is 5.58. The maximum absolute atomic E-state index is 12.3. The molecular formula is C19H23N3O2S. The zero-order chi connectivity index (χ0) is 17.8. The lowest BCUT2D eigenvalue weighted by Gasteiger charge is -2.15.